The topological polar surface area (TPSA) is 46.3 Å². The van der Waals surface area contributed by atoms with Crippen LogP contribution in [-0.4, -0.2) is 10.1 Å². The summed E-state index contributed by atoms with van der Waals surface area (Å²) in [7, 11) is 0. The first-order valence-electron chi connectivity index (χ1n) is 4.56. The average molecular weight is 268 g/mol. The van der Waals surface area contributed by atoms with Gasteiger partial charge in [0.2, 0.25) is 5.89 Å². The van der Waals surface area contributed by atoms with Crippen LogP contribution in [-0.2, 0) is 0 Å². The van der Waals surface area contributed by atoms with Crippen molar-refractivity contribution in [3.05, 3.63) is 40.7 Å². The van der Waals surface area contributed by atoms with E-state index in [9.17, 15) is 5.11 Å². The Morgan fingerprint density at radius 3 is 2.87 bits per heavy atom. The van der Waals surface area contributed by atoms with E-state index in [1.54, 1.807) is 6.92 Å². The fourth-order valence-electron chi connectivity index (χ4n) is 1.23. The molecule has 0 bridgehead atoms. The molecule has 1 N–H and O–H groups in total. The van der Waals surface area contributed by atoms with Crippen molar-refractivity contribution < 1.29 is 9.52 Å². The van der Waals surface area contributed by atoms with Gasteiger partial charge in [0.1, 0.15) is 12.0 Å². The minimum Gasteiger partial charge on any atom is -0.444 e. The molecule has 1 aromatic heterocycles. The van der Waals surface area contributed by atoms with Gasteiger partial charge in [0.05, 0.1) is 6.10 Å². The van der Waals surface area contributed by atoms with Crippen molar-refractivity contribution in [2.75, 3.05) is 0 Å². The number of nitrogens with zero attached hydrogens (tertiary/aromatic N) is 1. The van der Waals surface area contributed by atoms with E-state index in [2.05, 4.69) is 20.9 Å². The molecule has 0 radical (unpaired) electrons. The summed E-state index contributed by atoms with van der Waals surface area (Å²) in [6, 6.07) is 7.66. The summed E-state index contributed by atoms with van der Waals surface area (Å²) in [6.07, 6.45) is 0.871. The molecule has 1 unspecified atom stereocenters. The van der Waals surface area contributed by atoms with Crippen LogP contribution in [0.5, 0.6) is 0 Å². The highest BCUT2D eigenvalue weighted by Gasteiger charge is 2.10. The third-order valence-corrected chi connectivity index (χ3v) is 2.51. The molecule has 2 aromatic rings. The Morgan fingerprint density at radius 2 is 2.27 bits per heavy atom. The van der Waals surface area contributed by atoms with E-state index < -0.39 is 6.10 Å². The highest BCUT2D eigenvalue weighted by molar-refractivity contribution is 9.10. The summed E-state index contributed by atoms with van der Waals surface area (Å²) in [4.78, 5) is 4.18. The number of aliphatic hydroxyl groups is 1. The van der Waals surface area contributed by atoms with Crippen LogP contribution in [0.4, 0.5) is 0 Å². The summed E-state index contributed by atoms with van der Waals surface area (Å²) < 4.78 is 6.24. The van der Waals surface area contributed by atoms with Gasteiger partial charge in [0, 0.05) is 10.0 Å². The Balaban J connectivity index is 2.37. The van der Waals surface area contributed by atoms with Gasteiger partial charge in [0.15, 0.2) is 0 Å². The Morgan fingerprint density at radius 1 is 1.47 bits per heavy atom. The smallest absolute Gasteiger partial charge is 0.226 e. The molecule has 0 aliphatic heterocycles. The maximum absolute atomic E-state index is 9.31. The Bertz CT molecular complexity index is 465. The van der Waals surface area contributed by atoms with Gasteiger partial charge in [-0.25, -0.2) is 4.98 Å². The molecular formula is C11H10BrNO2. The van der Waals surface area contributed by atoms with Crippen LogP contribution in [0.15, 0.2) is 39.4 Å². The second-order valence-corrected chi connectivity index (χ2v) is 4.18. The number of hydrogen-bond acceptors (Lipinski definition) is 3. The Hall–Kier alpha value is -1.13. The van der Waals surface area contributed by atoms with Crippen LogP contribution in [0.3, 0.4) is 0 Å². The minimum atomic E-state index is -0.602. The molecule has 0 saturated heterocycles. The molecule has 0 saturated carbocycles. The zero-order valence-corrected chi connectivity index (χ0v) is 9.73. The molecule has 1 aromatic carbocycles. The van der Waals surface area contributed by atoms with Gasteiger partial charge in [-0.2, -0.15) is 0 Å². The lowest BCUT2D eigenvalue weighted by Crippen LogP contribution is -1.90. The molecule has 0 amide bonds. The lowest BCUT2D eigenvalue weighted by atomic mass is 10.2. The minimum absolute atomic E-state index is 0.521. The fourth-order valence-corrected chi connectivity index (χ4v) is 1.63. The van der Waals surface area contributed by atoms with E-state index in [1.165, 1.54) is 6.26 Å². The van der Waals surface area contributed by atoms with E-state index in [1.807, 2.05) is 24.3 Å². The third kappa shape index (κ3) is 2.27. The summed E-state index contributed by atoms with van der Waals surface area (Å²) in [5, 5.41) is 9.31. The first-order chi connectivity index (χ1) is 7.16. The molecule has 4 heteroatoms. The molecule has 0 fully saturated rings. The summed E-state index contributed by atoms with van der Waals surface area (Å²) in [6.45, 7) is 1.66. The zero-order valence-electron chi connectivity index (χ0n) is 8.14. The van der Waals surface area contributed by atoms with Crippen LogP contribution in [0.1, 0.15) is 18.7 Å². The highest BCUT2D eigenvalue weighted by Crippen LogP contribution is 2.23. The van der Waals surface area contributed by atoms with Gasteiger partial charge < -0.3 is 9.52 Å². The van der Waals surface area contributed by atoms with Gasteiger partial charge in [0.25, 0.3) is 0 Å². The van der Waals surface area contributed by atoms with Crippen LogP contribution >= 0.6 is 15.9 Å². The Kier molecular flexibility index (Phi) is 2.88. The van der Waals surface area contributed by atoms with E-state index in [4.69, 9.17) is 4.42 Å². The number of halogens is 1. The molecular weight excluding hydrogens is 258 g/mol. The quantitative estimate of drug-likeness (QED) is 0.909. The third-order valence-electron chi connectivity index (χ3n) is 2.02. The van der Waals surface area contributed by atoms with E-state index in [0.29, 0.717) is 11.6 Å². The first-order valence-corrected chi connectivity index (χ1v) is 5.35. The van der Waals surface area contributed by atoms with Crippen LogP contribution < -0.4 is 0 Å². The van der Waals surface area contributed by atoms with Crippen molar-refractivity contribution in [2.24, 2.45) is 0 Å². The molecule has 2 rings (SSSR count). The molecule has 0 aliphatic rings. The highest BCUT2D eigenvalue weighted by atomic mass is 79.9. The lowest BCUT2D eigenvalue weighted by molar-refractivity contribution is 0.194. The van der Waals surface area contributed by atoms with Gasteiger partial charge in [-0.1, -0.05) is 22.0 Å². The van der Waals surface area contributed by atoms with Crippen LogP contribution in [0, 0.1) is 0 Å². The SMILES string of the molecule is CC(O)c1coc(-c2cccc(Br)c2)n1. The monoisotopic (exact) mass is 267 g/mol. The normalized spacial score (nSPS) is 12.7. The van der Waals surface area contributed by atoms with Gasteiger partial charge in [-0.15, -0.1) is 0 Å². The molecule has 1 atom stereocenters. The predicted molar refractivity (Wildman–Crippen MR) is 60.3 cm³/mol. The van der Waals surface area contributed by atoms with E-state index in [-0.39, 0.29) is 0 Å². The van der Waals surface area contributed by atoms with Gasteiger partial charge >= 0.3 is 0 Å². The summed E-state index contributed by atoms with van der Waals surface area (Å²) >= 11 is 3.38. The van der Waals surface area contributed by atoms with Crippen molar-refractivity contribution in [1.29, 1.82) is 0 Å². The molecule has 3 nitrogen and oxygen atoms in total. The number of benzene rings is 1. The molecule has 0 aliphatic carbocycles. The second kappa shape index (κ2) is 4.16. The average Bonchev–Trinajstić information content (AvgIpc) is 2.66. The molecule has 78 valence electrons. The number of aliphatic hydroxyl groups excluding tert-OH is 1. The van der Waals surface area contributed by atoms with Crippen LogP contribution in [0.2, 0.25) is 0 Å². The second-order valence-electron chi connectivity index (χ2n) is 3.26. The fraction of sp³-hybridized carbons (Fsp3) is 0.182. The number of aromatic nitrogens is 1. The van der Waals surface area contributed by atoms with E-state index in [0.717, 1.165) is 10.0 Å². The number of rotatable bonds is 2. The van der Waals surface area contributed by atoms with Crippen molar-refractivity contribution in [3.63, 3.8) is 0 Å². The first kappa shape index (κ1) is 10.4. The Labute approximate surface area is 95.9 Å². The predicted octanol–water partition coefficient (Wildman–Crippen LogP) is 3.16. The van der Waals surface area contributed by atoms with Crippen molar-refractivity contribution in [2.45, 2.75) is 13.0 Å². The largest absolute Gasteiger partial charge is 0.444 e. The maximum atomic E-state index is 9.31. The van der Waals surface area contributed by atoms with Crippen molar-refractivity contribution >= 4 is 15.9 Å². The summed E-state index contributed by atoms with van der Waals surface area (Å²) in [5.74, 6) is 0.521. The molecule has 0 spiro atoms. The van der Waals surface area contributed by atoms with E-state index >= 15 is 0 Å². The standard InChI is InChI=1S/C11H10BrNO2/c1-7(14)10-6-15-11(13-10)8-3-2-4-9(12)5-8/h2-7,14H,1H3. The lowest BCUT2D eigenvalue weighted by Gasteiger charge is -1.96. The molecule has 15 heavy (non-hydrogen) atoms. The zero-order chi connectivity index (χ0) is 10.8. The van der Waals surface area contributed by atoms with Crippen molar-refractivity contribution in [1.82, 2.24) is 4.98 Å². The van der Waals surface area contributed by atoms with Gasteiger partial charge in [-0.3, -0.25) is 0 Å². The van der Waals surface area contributed by atoms with Gasteiger partial charge in [-0.05, 0) is 25.1 Å². The molecule has 1 heterocycles. The number of oxazole rings is 1. The van der Waals surface area contributed by atoms with Crippen molar-refractivity contribution in [3.8, 4) is 11.5 Å². The maximum Gasteiger partial charge on any atom is 0.226 e. The number of hydrogen-bond donors (Lipinski definition) is 1. The summed E-state index contributed by atoms with van der Waals surface area (Å²) in [5.41, 5.74) is 1.43. The van der Waals surface area contributed by atoms with Crippen LogP contribution in [0.25, 0.3) is 11.5 Å².